The molecule has 5 heteroatoms. The lowest BCUT2D eigenvalue weighted by molar-refractivity contribution is -0.130. The van der Waals surface area contributed by atoms with Crippen LogP contribution in [0.2, 0.25) is 0 Å². The molecule has 2 aromatic rings. The molecule has 2 atom stereocenters. The van der Waals surface area contributed by atoms with Gasteiger partial charge in [-0.25, -0.2) is 0 Å². The molecule has 1 fully saturated rings. The Morgan fingerprint density at radius 2 is 1.64 bits per heavy atom. The van der Waals surface area contributed by atoms with Gasteiger partial charge in [-0.05, 0) is 62.4 Å². The lowest BCUT2D eigenvalue weighted by Crippen LogP contribution is -2.47. The van der Waals surface area contributed by atoms with Gasteiger partial charge in [0.1, 0.15) is 5.75 Å². The maximum absolute atomic E-state index is 13.5. The smallest absolute Gasteiger partial charge is 0.387 e. The van der Waals surface area contributed by atoms with Crippen molar-refractivity contribution in [2.75, 3.05) is 0 Å². The predicted octanol–water partition coefficient (Wildman–Crippen LogP) is 5.62. The lowest BCUT2D eigenvalue weighted by atomic mass is 9.94. The van der Waals surface area contributed by atoms with Crippen molar-refractivity contribution in [3.8, 4) is 5.75 Å². The summed E-state index contributed by atoms with van der Waals surface area (Å²) in [6.07, 6.45) is 4.94. The van der Waals surface area contributed by atoms with Crippen molar-refractivity contribution >= 4 is 17.6 Å². The Hall–Kier alpha value is -2.69. The van der Waals surface area contributed by atoms with Crippen LogP contribution in [0.3, 0.4) is 0 Å². The van der Waals surface area contributed by atoms with E-state index >= 15 is 0 Å². The molecule has 1 amide bonds. The van der Waals surface area contributed by atoms with Crippen molar-refractivity contribution in [3.63, 3.8) is 0 Å². The summed E-state index contributed by atoms with van der Waals surface area (Å²) in [5.41, 5.74) is 2.19. The average molecular weight is 385 g/mol. The van der Waals surface area contributed by atoms with Crippen molar-refractivity contribution in [3.05, 3.63) is 65.7 Å². The van der Waals surface area contributed by atoms with E-state index < -0.39 is 6.61 Å². The van der Waals surface area contributed by atoms with Crippen LogP contribution in [0.4, 0.5) is 8.78 Å². The predicted molar refractivity (Wildman–Crippen MR) is 107 cm³/mol. The largest absolute Gasteiger partial charge is 0.435 e. The number of alkyl halides is 2. The summed E-state index contributed by atoms with van der Waals surface area (Å²) < 4.78 is 29.1. The molecule has 1 saturated heterocycles. The first-order valence-electron chi connectivity index (χ1n) is 9.60. The normalized spacial score (nSPS) is 20.3. The van der Waals surface area contributed by atoms with Gasteiger partial charge in [0.25, 0.3) is 5.91 Å². The maximum atomic E-state index is 13.5. The van der Waals surface area contributed by atoms with Crippen LogP contribution in [-0.4, -0.2) is 29.5 Å². The number of carbonyl (C=O) groups is 1. The number of amides is 1. The van der Waals surface area contributed by atoms with Gasteiger partial charge in [0.05, 0.1) is 0 Å². The molecule has 148 valence electrons. The number of benzene rings is 2. The minimum atomic E-state index is -2.86. The van der Waals surface area contributed by atoms with Crippen LogP contribution in [-0.2, 0) is 4.79 Å². The van der Waals surface area contributed by atoms with Crippen molar-refractivity contribution in [2.24, 2.45) is 0 Å². The van der Waals surface area contributed by atoms with E-state index in [2.05, 4.69) is 18.6 Å². The fourth-order valence-corrected chi connectivity index (χ4v) is 3.76. The maximum Gasteiger partial charge on any atom is 0.387 e. The molecule has 3 rings (SSSR count). The van der Waals surface area contributed by atoms with Crippen LogP contribution in [0.5, 0.6) is 5.75 Å². The highest BCUT2D eigenvalue weighted by molar-refractivity contribution is 6.24. The van der Waals surface area contributed by atoms with Gasteiger partial charge >= 0.3 is 6.61 Å². The second-order valence-electron chi connectivity index (χ2n) is 7.21. The molecule has 0 saturated carbocycles. The van der Waals surface area contributed by atoms with Crippen LogP contribution >= 0.6 is 0 Å². The molecule has 0 bridgehead atoms. The third kappa shape index (κ3) is 4.77. The Bertz CT molecular complexity index is 808. The third-order valence-corrected chi connectivity index (χ3v) is 5.16. The quantitative estimate of drug-likeness (QED) is 0.494. The number of hydrogen-bond acceptors (Lipinski definition) is 2. The number of likely N-dealkylation sites (tertiary alicyclic amines) is 1. The van der Waals surface area contributed by atoms with Crippen LogP contribution < -0.4 is 4.74 Å². The highest BCUT2D eigenvalue weighted by Gasteiger charge is 2.31. The summed E-state index contributed by atoms with van der Waals surface area (Å²) in [7, 11) is 0. The topological polar surface area (TPSA) is 29.5 Å². The van der Waals surface area contributed by atoms with Gasteiger partial charge in [0, 0.05) is 17.7 Å². The van der Waals surface area contributed by atoms with E-state index in [0.717, 1.165) is 30.4 Å². The van der Waals surface area contributed by atoms with Gasteiger partial charge in [-0.15, -0.1) is 0 Å². The van der Waals surface area contributed by atoms with E-state index in [4.69, 9.17) is 0 Å². The number of ether oxygens (including phenoxy) is 1. The monoisotopic (exact) mass is 385 g/mol. The molecule has 1 aliphatic heterocycles. The zero-order chi connectivity index (χ0) is 20.1. The zero-order valence-corrected chi connectivity index (χ0v) is 16.1. The summed E-state index contributed by atoms with van der Waals surface area (Å²) in [6.45, 7) is 1.32. The summed E-state index contributed by atoms with van der Waals surface area (Å²) in [5, 5.41) is 0. The van der Waals surface area contributed by atoms with E-state index in [9.17, 15) is 13.6 Å². The van der Waals surface area contributed by atoms with Gasteiger partial charge in [-0.2, -0.15) is 8.78 Å². The van der Waals surface area contributed by atoms with Gasteiger partial charge in [0.2, 0.25) is 0 Å². The Kier molecular flexibility index (Phi) is 6.45. The molecule has 0 N–H and O–H groups in total. The molecule has 2 aromatic carbocycles. The third-order valence-electron chi connectivity index (χ3n) is 5.16. The van der Waals surface area contributed by atoms with E-state index in [1.807, 2.05) is 41.3 Å². The van der Waals surface area contributed by atoms with E-state index in [-0.39, 0.29) is 23.7 Å². The number of piperidine rings is 1. The van der Waals surface area contributed by atoms with Crippen molar-refractivity contribution < 1.29 is 18.3 Å². The fraction of sp³-hybridized carbons (Fsp3) is 0.348. The zero-order valence-electron chi connectivity index (χ0n) is 16.1. The standard InChI is InChI=1S/C23H25F2NO2/c1-16-7-6-8-17(2)26(16)22(27)21(19-9-4-3-5-10-19)15-18-11-13-20(14-12-18)28-23(24)25/h3-5,9-17,23H,6-8H2,1-2H3/b21-15-/t16-,17-/m0/s1. The molecular formula is C23H25F2NO2. The van der Waals surface area contributed by atoms with Crippen LogP contribution in [0.25, 0.3) is 11.6 Å². The molecule has 0 aliphatic carbocycles. The first-order chi connectivity index (χ1) is 13.5. The molecule has 0 aromatic heterocycles. The Labute approximate surface area is 164 Å². The highest BCUT2D eigenvalue weighted by Crippen LogP contribution is 2.29. The molecule has 28 heavy (non-hydrogen) atoms. The molecule has 0 radical (unpaired) electrons. The van der Waals surface area contributed by atoms with Gasteiger partial charge in [0.15, 0.2) is 0 Å². The van der Waals surface area contributed by atoms with Gasteiger partial charge in [-0.3, -0.25) is 4.79 Å². The Balaban J connectivity index is 1.95. The summed E-state index contributed by atoms with van der Waals surface area (Å²) in [5.74, 6) is 0.0943. The number of halogens is 2. The average Bonchev–Trinajstić information content (AvgIpc) is 2.67. The lowest BCUT2D eigenvalue weighted by Gasteiger charge is -2.39. The number of nitrogens with zero attached hydrogens (tertiary/aromatic N) is 1. The Morgan fingerprint density at radius 3 is 2.21 bits per heavy atom. The second-order valence-corrected chi connectivity index (χ2v) is 7.21. The molecule has 1 heterocycles. The van der Waals surface area contributed by atoms with Crippen LogP contribution in [0, 0.1) is 0 Å². The van der Waals surface area contributed by atoms with Crippen molar-refractivity contribution in [1.82, 2.24) is 4.90 Å². The summed E-state index contributed by atoms with van der Waals surface area (Å²) in [4.78, 5) is 15.4. The minimum Gasteiger partial charge on any atom is -0.435 e. The molecular weight excluding hydrogens is 360 g/mol. The molecule has 1 aliphatic rings. The first kappa shape index (κ1) is 20.1. The molecule has 0 spiro atoms. The molecule has 3 nitrogen and oxygen atoms in total. The Morgan fingerprint density at radius 1 is 1.04 bits per heavy atom. The van der Waals surface area contributed by atoms with Crippen molar-refractivity contribution in [2.45, 2.75) is 51.8 Å². The first-order valence-corrected chi connectivity index (χ1v) is 9.60. The van der Waals surface area contributed by atoms with Crippen LogP contribution in [0.15, 0.2) is 54.6 Å². The number of carbonyl (C=O) groups excluding carboxylic acids is 1. The van der Waals surface area contributed by atoms with Crippen LogP contribution in [0.1, 0.15) is 44.2 Å². The van der Waals surface area contributed by atoms with E-state index in [0.29, 0.717) is 5.57 Å². The number of hydrogen-bond donors (Lipinski definition) is 0. The highest BCUT2D eigenvalue weighted by atomic mass is 19.3. The van der Waals surface area contributed by atoms with E-state index in [1.54, 1.807) is 12.1 Å². The second kappa shape index (κ2) is 9.00. The van der Waals surface area contributed by atoms with Gasteiger partial charge < -0.3 is 9.64 Å². The molecule has 0 unspecified atom stereocenters. The fourth-order valence-electron chi connectivity index (χ4n) is 3.76. The SMILES string of the molecule is C[C@H]1CCC[C@H](C)N1C(=O)/C(=C\c1ccc(OC(F)F)cc1)c1ccccc1. The van der Waals surface area contributed by atoms with Gasteiger partial charge in [-0.1, -0.05) is 42.5 Å². The summed E-state index contributed by atoms with van der Waals surface area (Å²) in [6, 6.07) is 16.2. The van der Waals surface area contributed by atoms with Crippen molar-refractivity contribution in [1.29, 1.82) is 0 Å². The van der Waals surface area contributed by atoms with E-state index in [1.165, 1.54) is 12.1 Å². The summed E-state index contributed by atoms with van der Waals surface area (Å²) >= 11 is 0. The minimum absolute atomic E-state index is 0.00110. The number of rotatable bonds is 5.